The largest absolute Gasteiger partial charge is 0.331 e. The average Bonchev–Trinajstić information content (AvgIpc) is 2.78. The van der Waals surface area contributed by atoms with Crippen LogP contribution >= 0.6 is 11.6 Å². The summed E-state index contributed by atoms with van der Waals surface area (Å²) < 4.78 is 2.03. The van der Waals surface area contributed by atoms with Crippen LogP contribution in [0.4, 0.5) is 0 Å². The normalized spacial score (nSPS) is 10.7. The fraction of sp³-hybridized carbons (Fsp3) is 0.125. The van der Waals surface area contributed by atoms with Crippen LogP contribution in [0.25, 0.3) is 11.0 Å². The monoisotopic (exact) mass is 281 g/mol. The first-order chi connectivity index (χ1) is 9.69. The molecule has 0 radical (unpaired) electrons. The van der Waals surface area contributed by atoms with Crippen LogP contribution < -0.4 is 0 Å². The molecule has 0 N–H and O–H groups in total. The molecule has 0 unspecified atom stereocenters. The zero-order chi connectivity index (χ0) is 14.1. The molecule has 2 aromatic carbocycles. The minimum Gasteiger partial charge on any atom is -0.331 e. The summed E-state index contributed by atoms with van der Waals surface area (Å²) in [6.07, 6.45) is 0.715. The molecule has 0 saturated heterocycles. The number of para-hydroxylation sites is 1. The molecular formula is C16H12ClN3. The van der Waals surface area contributed by atoms with Gasteiger partial charge in [0.15, 0.2) is 0 Å². The van der Waals surface area contributed by atoms with E-state index in [0.717, 1.165) is 27.4 Å². The number of aromatic nitrogens is 2. The van der Waals surface area contributed by atoms with Crippen LogP contribution in [0.15, 0.2) is 42.5 Å². The van der Waals surface area contributed by atoms with Gasteiger partial charge in [0, 0.05) is 18.5 Å². The van der Waals surface area contributed by atoms with Crippen molar-refractivity contribution in [3.63, 3.8) is 0 Å². The van der Waals surface area contributed by atoms with Gasteiger partial charge in [-0.05, 0) is 29.8 Å². The molecule has 0 atom stereocenters. The zero-order valence-corrected chi connectivity index (χ0v) is 11.7. The van der Waals surface area contributed by atoms with E-state index in [-0.39, 0.29) is 0 Å². The van der Waals surface area contributed by atoms with E-state index in [0.29, 0.717) is 12.0 Å². The first-order valence-electron chi connectivity index (χ1n) is 6.28. The van der Waals surface area contributed by atoms with Crippen LogP contribution in [-0.4, -0.2) is 9.55 Å². The number of halogens is 1. The standard InChI is InChI=1S/C16H12ClN3/c1-20-14-4-2-3-12(10-18)16(14)19-15(20)9-11-5-7-13(17)8-6-11/h2-8H,9H2,1H3. The number of fused-ring (bicyclic) bond motifs is 1. The summed E-state index contributed by atoms with van der Waals surface area (Å²) >= 11 is 5.89. The van der Waals surface area contributed by atoms with E-state index in [1.807, 2.05) is 48.0 Å². The van der Waals surface area contributed by atoms with Crippen molar-refractivity contribution in [1.29, 1.82) is 5.26 Å². The van der Waals surface area contributed by atoms with E-state index in [9.17, 15) is 0 Å². The lowest BCUT2D eigenvalue weighted by atomic mass is 10.1. The van der Waals surface area contributed by atoms with E-state index >= 15 is 0 Å². The Morgan fingerprint density at radius 3 is 2.65 bits per heavy atom. The first-order valence-corrected chi connectivity index (χ1v) is 6.65. The summed E-state index contributed by atoms with van der Waals surface area (Å²) in [7, 11) is 1.97. The lowest BCUT2D eigenvalue weighted by Gasteiger charge is -2.02. The smallest absolute Gasteiger partial charge is 0.114 e. The Kier molecular flexibility index (Phi) is 3.17. The highest BCUT2D eigenvalue weighted by molar-refractivity contribution is 6.30. The van der Waals surface area contributed by atoms with Crippen molar-refractivity contribution in [1.82, 2.24) is 9.55 Å². The number of hydrogen-bond donors (Lipinski definition) is 0. The van der Waals surface area contributed by atoms with Gasteiger partial charge >= 0.3 is 0 Å². The third-order valence-electron chi connectivity index (χ3n) is 3.40. The maximum atomic E-state index is 9.14. The fourth-order valence-electron chi connectivity index (χ4n) is 2.30. The van der Waals surface area contributed by atoms with Crippen LogP contribution in [0.2, 0.25) is 5.02 Å². The second kappa shape index (κ2) is 4.99. The number of rotatable bonds is 2. The molecule has 0 aliphatic carbocycles. The van der Waals surface area contributed by atoms with Crippen molar-refractivity contribution < 1.29 is 0 Å². The second-order valence-electron chi connectivity index (χ2n) is 4.68. The van der Waals surface area contributed by atoms with Gasteiger partial charge in [-0.2, -0.15) is 5.26 Å². The van der Waals surface area contributed by atoms with E-state index in [4.69, 9.17) is 16.9 Å². The Bertz CT molecular complexity index is 810. The molecule has 1 heterocycles. The first kappa shape index (κ1) is 12.7. The number of nitrogens with zero attached hydrogens (tertiary/aromatic N) is 3. The van der Waals surface area contributed by atoms with Gasteiger partial charge in [-0.3, -0.25) is 0 Å². The second-order valence-corrected chi connectivity index (χ2v) is 5.11. The van der Waals surface area contributed by atoms with Crippen LogP contribution in [0.3, 0.4) is 0 Å². The van der Waals surface area contributed by atoms with Crippen molar-refractivity contribution in [2.75, 3.05) is 0 Å². The van der Waals surface area contributed by atoms with Gasteiger partial charge in [0.1, 0.15) is 17.4 Å². The predicted molar refractivity (Wildman–Crippen MR) is 79.7 cm³/mol. The van der Waals surface area contributed by atoms with E-state index < -0.39 is 0 Å². The van der Waals surface area contributed by atoms with Crippen LogP contribution in [0.5, 0.6) is 0 Å². The molecule has 98 valence electrons. The van der Waals surface area contributed by atoms with Gasteiger partial charge in [0.25, 0.3) is 0 Å². The quantitative estimate of drug-likeness (QED) is 0.719. The molecule has 3 rings (SSSR count). The molecule has 0 saturated carbocycles. The number of nitriles is 1. The molecule has 3 nitrogen and oxygen atoms in total. The van der Waals surface area contributed by atoms with E-state index in [1.165, 1.54) is 0 Å². The van der Waals surface area contributed by atoms with Gasteiger partial charge in [-0.25, -0.2) is 4.98 Å². The molecule has 0 spiro atoms. The van der Waals surface area contributed by atoms with E-state index in [2.05, 4.69) is 11.1 Å². The summed E-state index contributed by atoms with van der Waals surface area (Å²) in [5.74, 6) is 0.935. The molecular weight excluding hydrogens is 270 g/mol. The molecule has 0 fully saturated rings. The minimum absolute atomic E-state index is 0.612. The Morgan fingerprint density at radius 1 is 1.20 bits per heavy atom. The van der Waals surface area contributed by atoms with E-state index in [1.54, 1.807) is 6.07 Å². The Morgan fingerprint density at radius 2 is 1.95 bits per heavy atom. The van der Waals surface area contributed by atoms with Crippen molar-refractivity contribution in [2.24, 2.45) is 7.05 Å². The summed E-state index contributed by atoms with van der Waals surface area (Å²) in [4.78, 5) is 4.61. The summed E-state index contributed by atoms with van der Waals surface area (Å²) in [6, 6.07) is 15.6. The number of benzene rings is 2. The lowest BCUT2D eigenvalue weighted by Crippen LogP contribution is -1.98. The number of imidazole rings is 1. The average molecular weight is 282 g/mol. The predicted octanol–water partition coefficient (Wildman–Crippen LogP) is 3.69. The molecule has 0 amide bonds. The minimum atomic E-state index is 0.612. The maximum Gasteiger partial charge on any atom is 0.114 e. The zero-order valence-electron chi connectivity index (χ0n) is 11.0. The third-order valence-corrected chi connectivity index (χ3v) is 3.65. The highest BCUT2D eigenvalue weighted by Crippen LogP contribution is 2.21. The van der Waals surface area contributed by atoms with Crippen LogP contribution in [-0.2, 0) is 13.5 Å². The lowest BCUT2D eigenvalue weighted by molar-refractivity contribution is 0.844. The summed E-state index contributed by atoms with van der Waals surface area (Å²) in [5, 5.41) is 9.87. The summed E-state index contributed by atoms with van der Waals surface area (Å²) in [5.41, 5.74) is 3.50. The van der Waals surface area contributed by atoms with Crippen LogP contribution in [0.1, 0.15) is 17.0 Å². The van der Waals surface area contributed by atoms with Crippen molar-refractivity contribution in [2.45, 2.75) is 6.42 Å². The van der Waals surface area contributed by atoms with Gasteiger partial charge in [-0.15, -0.1) is 0 Å². The van der Waals surface area contributed by atoms with Crippen LogP contribution in [0, 0.1) is 11.3 Å². The highest BCUT2D eigenvalue weighted by atomic mass is 35.5. The Hall–Kier alpha value is -2.31. The van der Waals surface area contributed by atoms with Crippen molar-refractivity contribution in [3.8, 4) is 6.07 Å². The molecule has 0 aliphatic rings. The summed E-state index contributed by atoms with van der Waals surface area (Å²) in [6.45, 7) is 0. The fourth-order valence-corrected chi connectivity index (χ4v) is 2.42. The van der Waals surface area contributed by atoms with Gasteiger partial charge in [0.2, 0.25) is 0 Å². The number of aryl methyl sites for hydroxylation is 1. The molecule has 0 aliphatic heterocycles. The third kappa shape index (κ3) is 2.15. The number of hydrogen-bond acceptors (Lipinski definition) is 2. The SMILES string of the molecule is Cn1c(Cc2ccc(Cl)cc2)nc2c(C#N)cccc21. The van der Waals surface area contributed by atoms with Gasteiger partial charge in [0.05, 0.1) is 11.1 Å². The Balaban J connectivity index is 2.06. The van der Waals surface area contributed by atoms with Crippen molar-refractivity contribution in [3.05, 3.63) is 64.4 Å². The molecule has 3 aromatic rings. The molecule has 4 heteroatoms. The topological polar surface area (TPSA) is 41.6 Å². The molecule has 20 heavy (non-hydrogen) atoms. The van der Waals surface area contributed by atoms with Gasteiger partial charge in [-0.1, -0.05) is 29.8 Å². The maximum absolute atomic E-state index is 9.14. The van der Waals surface area contributed by atoms with Gasteiger partial charge < -0.3 is 4.57 Å². The van der Waals surface area contributed by atoms with Crippen molar-refractivity contribution >= 4 is 22.6 Å². The Labute approximate surface area is 122 Å². The molecule has 1 aromatic heterocycles. The molecule has 0 bridgehead atoms. The highest BCUT2D eigenvalue weighted by Gasteiger charge is 2.11.